The number of amides is 2. The minimum atomic E-state index is -0.941. The second kappa shape index (κ2) is 6.39. The van der Waals surface area contributed by atoms with Crippen LogP contribution in [0, 0.1) is 17.2 Å². The zero-order valence-electron chi connectivity index (χ0n) is 15.3. The van der Waals surface area contributed by atoms with Gasteiger partial charge in [-0.25, -0.2) is 0 Å². The van der Waals surface area contributed by atoms with E-state index in [1.54, 1.807) is 22.7 Å². The van der Waals surface area contributed by atoms with Crippen LogP contribution in [0.5, 0.6) is 0 Å². The molecular formula is C22H19N3O2S. The van der Waals surface area contributed by atoms with Crippen LogP contribution in [0.3, 0.4) is 0 Å². The van der Waals surface area contributed by atoms with E-state index in [2.05, 4.69) is 6.07 Å². The Morgan fingerprint density at radius 1 is 1.21 bits per heavy atom. The maximum Gasteiger partial charge on any atom is 0.268 e. The molecule has 2 aliphatic heterocycles. The van der Waals surface area contributed by atoms with Crippen molar-refractivity contribution in [2.45, 2.75) is 24.3 Å². The van der Waals surface area contributed by atoms with Gasteiger partial charge in [0.05, 0.1) is 23.9 Å². The van der Waals surface area contributed by atoms with Gasteiger partial charge < -0.3 is 9.80 Å². The molecule has 1 saturated carbocycles. The number of carbonyl (C=O) groups is 2. The Morgan fingerprint density at radius 2 is 2.04 bits per heavy atom. The number of anilines is 1. The van der Waals surface area contributed by atoms with Crippen LogP contribution < -0.4 is 4.90 Å². The molecule has 28 heavy (non-hydrogen) atoms. The first-order valence-electron chi connectivity index (χ1n) is 9.51. The molecule has 5 nitrogen and oxygen atoms in total. The Balaban J connectivity index is 1.57. The van der Waals surface area contributed by atoms with Crippen molar-refractivity contribution in [1.82, 2.24) is 4.90 Å². The lowest BCUT2D eigenvalue weighted by atomic mass is 10.1. The van der Waals surface area contributed by atoms with Crippen LogP contribution in [0.15, 0.2) is 48.5 Å². The quantitative estimate of drug-likeness (QED) is 0.808. The molecule has 2 amide bonds. The van der Waals surface area contributed by atoms with Gasteiger partial charge in [-0.1, -0.05) is 30.3 Å². The molecule has 0 aromatic heterocycles. The molecule has 5 rings (SSSR count). The van der Waals surface area contributed by atoms with Crippen LogP contribution in [-0.4, -0.2) is 29.0 Å². The van der Waals surface area contributed by atoms with E-state index in [1.807, 2.05) is 47.4 Å². The predicted octanol–water partition coefficient (Wildman–Crippen LogP) is 3.24. The molecule has 2 heterocycles. The van der Waals surface area contributed by atoms with Crippen LogP contribution in [0.1, 0.15) is 29.5 Å². The highest BCUT2D eigenvalue weighted by Crippen LogP contribution is 2.55. The summed E-state index contributed by atoms with van der Waals surface area (Å²) >= 11 is 1.57. The van der Waals surface area contributed by atoms with Crippen LogP contribution in [0.25, 0.3) is 0 Å². The lowest BCUT2D eigenvalue weighted by Gasteiger charge is -2.33. The predicted molar refractivity (Wildman–Crippen MR) is 107 cm³/mol. The molecule has 0 radical (unpaired) electrons. The van der Waals surface area contributed by atoms with Crippen molar-refractivity contribution in [2.24, 2.45) is 5.92 Å². The van der Waals surface area contributed by atoms with E-state index in [-0.39, 0.29) is 17.7 Å². The Morgan fingerprint density at radius 3 is 2.82 bits per heavy atom. The van der Waals surface area contributed by atoms with E-state index in [0.29, 0.717) is 18.7 Å². The molecule has 1 saturated heterocycles. The monoisotopic (exact) mass is 389 g/mol. The van der Waals surface area contributed by atoms with E-state index < -0.39 is 4.87 Å². The smallest absolute Gasteiger partial charge is 0.268 e. The summed E-state index contributed by atoms with van der Waals surface area (Å²) in [5, 5.41) is 9.18. The lowest BCUT2D eigenvalue weighted by molar-refractivity contribution is -0.141. The van der Waals surface area contributed by atoms with Gasteiger partial charge in [-0.2, -0.15) is 5.26 Å². The molecule has 6 heteroatoms. The van der Waals surface area contributed by atoms with Gasteiger partial charge in [0.25, 0.3) is 5.91 Å². The maximum atomic E-state index is 13.7. The number of rotatable bonds is 3. The van der Waals surface area contributed by atoms with Gasteiger partial charge in [-0.3, -0.25) is 9.59 Å². The summed E-state index contributed by atoms with van der Waals surface area (Å²) in [7, 11) is 0. The van der Waals surface area contributed by atoms with Gasteiger partial charge in [0.1, 0.15) is 0 Å². The Hall–Kier alpha value is -2.78. The standard InChI is InChI=1S/C22H19N3O2S/c23-13-15-4-3-5-16(12-15)14-24-19-7-2-1-6-18(19)22(21(24)27)25(10-11-28-22)20(26)17-8-9-17/h1-7,12,17H,8-11,14H2/t22-/m1/s1. The van der Waals surface area contributed by atoms with Crippen molar-refractivity contribution in [2.75, 3.05) is 17.2 Å². The molecule has 2 fully saturated rings. The second-order valence-corrected chi connectivity index (χ2v) is 8.77. The highest BCUT2D eigenvalue weighted by Gasteiger charge is 2.60. The molecule has 1 aliphatic carbocycles. The van der Waals surface area contributed by atoms with Gasteiger partial charge in [0.2, 0.25) is 5.91 Å². The molecule has 0 bridgehead atoms. The molecular weight excluding hydrogens is 370 g/mol. The third-order valence-corrected chi connectivity index (χ3v) is 7.11. The van der Waals surface area contributed by atoms with E-state index in [1.165, 1.54) is 0 Å². The molecule has 3 aliphatic rings. The number of thioether (sulfide) groups is 1. The van der Waals surface area contributed by atoms with Crippen molar-refractivity contribution in [1.29, 1.82) is 5.26 Å². The Kier molecular flexibility index (Phi) is 3.95. The summed E-state index contributed by atoms with van der Waals surface area (Å²) < 4.78 is 0. The lowest BCUT2D eigenvalue weighted by Crippen LogP contribution is -2.50. The Labute approximate surface area is 167 Å². The van der Waals surface area contributed by atoms with Gasteiger partial charge in [0.15, 0.2) is 4.87 Å². The van der Waals surface area contributed by atoms with E-state index in [9.17, 15) is 14.9 Å². The number of para-hydroxylation sites is 1. The first-order chi connectivity index (χ1) is 13.6. The zero-order chi connectivity index (χ0) is 19.3. The number of hydrogen-bond acceptors (Lipinski definition) is 4. The Bertz CT molecular complexity index is 1030. The maximum absolute atomic E-state index is 13.7. The zero-order valence-corrected chi connectivity index (χ0v) is 16.1. The number of nitriles is 1. The molecule has 2 aromatic rings. The highest BCUT2D eigenvalue weighted by atomic mass is 32.2. The molecule has 2 aromatic carbocycles. The number of hydrogen-bond donors (Lipinski definition) is 0. The molecule has 1 atom stereocenters. The summed E-state index contributed by atoms with van der Waals surface area (Å²) in [4.78, 5) is 29.4. The van der Waals surface area contributed by atoms with Gasteiger partial charge in [-0.05, 0) is 36.6 Å². The van der Waals surface area contributed by atoms with Gasteiger partial charge in [-0.15, -0.1) is 11.8 Å². The summed E-state index contributed by atoms with van der Waals surface area (Å²) in [6.07, 6.45) is 1.85. The number of carbonyl (C=O) groups excluding carboxylic acids is 2. The largest absolute Gasteiger partial charge is 0.315 e. The average molecular weight is 389 g/mol. The summed E-state index contributed by atoms with van der Waals surface area (Å²) in [6, 6.07) is 17.3. The fourth-order valence-electron chi connectivity index (χ4n) is 4.22. The van der Waals surface area contributed by atoms with Crippen LogP contribution in [0.4, 0.5) is 5.69 Å². The highest BCUT2D eigenvalue weighted by molar-refractivity contribution is 8.01. The van der Waals surface area contributed by atoms with Crippen LogP contribution >= 0.6 is 11.8 Å². The van der Waals surface area contributed by atoms with Crippen molar-refractivity contribution in [3.8, 4) is 6.07 Å². The first-order valence-corrected chi connectivity index (χ1v) is 10.5. The van der Waals surface area contributed by atoms with Crippen molar-refractivity contribution in [3.63, 3.8) is 0 Å². The molecule has 0 unspecified atom stereocenters. The van der Waals surface area contributed by atoms with Gasteiger partial charge in [0, 0.05) is 23.8 Å². The van der Waals surface area contributed by atoms with E-state index in [0.717, 1.165) is 35.4 Å². The minimum Gasteiger partial charge on any atom is -0.315 e. The van der Waals surface area contributed by atoms with Crippen molar-refractivity contribution < 1.29 is 9.59 Å². The number of nitrogens with zero attached hydrogens (tertiary/aromatic N) is 3. The minimum absolute atomic E-state index is 0.0486. The fraction of sp³-hybridized carbons (Fsp3) is 0.318. The topological polar surface area (TPSA) is 64.4 Å². The van der Waals surface area contributed by atoms with Gasteiger partial charge >= 0.3 is 0 Å². The van der Waals surface area contributed by atoms with E-state index in [4.69, 9.17) is 0 Å². The SMILES string of the molecule is N#Cc1cccc(CN2C(=O)[C@]3(SCCN3C(=O)C3CC3)c3ccccc32)c1. The first kappa shape index (κ1) is 17.3. The summed E-state index contributed by atoms with van der Waals surface area (Å²) in [6.45, 7) is 0.997. The van der Waals surface area contributed by atoms with Crippen LogP contribution in [0.2, 0.25) is 0 Å². The number of fused-ring (bicyclic) bond motifs is 2. The van der Waals surface area contributed by atoms with E-state index >= 15 is 0 Å². The number of benzene rings is 2. The molecule has 140 valence electrons. The van der Waals surface area contributed by atoms with Crippen molar-refractivity contribution in [3.05, 3.63) is 65.2 Å². The second-order valence-electron chi connectivity index (χ2n) is 7.48. The third-order valence-electron chi connectivity index (χ3n) is 5.69. The van der Waals surface area contributed by atoms with Crippen LogP contribution in [-0.2, 0) is 21.0 Å². The molecule has 1 spiro atoms. The summed E-state index contributed by atoms with van der Waals surface area (Å²) in [5.74, 6) is 0.905. The molecule has 0 N–H and O–H groups in total. The van der Waals surface area contributed by atoms with Crippen molar-refractivity contribution >= 4 is 29.3 Å². The third kappa shape index (κ3) is 2.46. The summed E-state index contributed by atoms with van der Waals surface area (Å²) in [5.41, 5.74) is 3.25. The fourth-order valence-corrected chi connectivity index (χ4v) is 5.69. The normalized spacial score (nSPS) is 23.2. The average Bonchev–Trinajstić information content (AvgIpc) is 3.45.